The number of rotatable bonds is 5. The number of fused-ring (bicyclic) bond motifs is 7. The van der Waals surface area contributed by atoms with Gasteiger partial charge in [-0.15, -0.1) is 0 Å². The van der Waals surface area contributed by atoms with Gasteiger partial charge in [-0.25, -0.2) is 4.98 Å². The summed E-state index contributed by atoms with van der Waals surface area (Å²) in [6, 6.07) is 62.2. The van der Waals surface area contributed by atoms with Crippen LogP contribution in [0.15, 0.2) is 170 Å². The quantitative estimate of drug-likeness (QED) is 0.180. The van der Waals surface area contributed by atoms with E-state index in [0.29, 0.717) is 0 Å². The maximum absolute atomic E-state index is 5.25. The summed E-state index contributed by atoms with van der Waals surface area (Å²) < 4.78 is 0. The molecule has 2 aliphatic carbocycles. The van der Waals surface area contributed by atoms with Crippen LogP contribution in [-0.4, -0.2) is 4.98 Å². The number of anilines is 3. The fraction of sp³-hybridized carbons (Fsp3) is 0.118. The lowest BCUT2D eigenvalue weighted by Crippen LogP contribution is -2.18. The van der Waals surface area contributed by atoms with E-state index in [1.54, 1.807) is 0 Å². The van der Waals surface area contributed by atoms with Crippen LogP contribution in [0.4, 0.5) is 17.1 Å². The minimum atomic E-state index is -0.103. The summed E-state index contributed by atoms with van der Waals surface area (Å²) in [6.07, 6.45) is 0. The van der Waals surface area contributed by atoms with Crippen LogP contribution in [0.5, 0.6) is 0 Å². The van der Waals surface area contributed by atoms with E-state index in [1.807, 2.05) is 0 Å². The number of benzene rings is 7. The minimum Gasteiger partial charge on any atom is -0.310 e. The zero-order chi connectivity index (χ0) is 35.9. The van der Waals surface area contributed by atoms with Crippen LogP contribution in [0.1, 0.15) is 49.9 Å². The molecule has 2 heteroatoms. The van der Waals surface area contributed by atoms with Crippen molar-refractivity contribution in [3.8, 4) is 44.6 Å². The van der Waals surface area contributed by atoms with Gasteiger partial charge in [0.2, 0.25) is 0 Å². The van der Waals surface area contributed by atoms with Crippen LogP contribution in [-0.2, 0) is 10.8 Å². The topological polar surface area (TPSA) is 16.1 Å². The van der Waals surface area contributed by atoms with Crippen molar-refractivity contribution in [1.29, 1.82) is 0 Å². The molecule has 0 aliphatic heterocycles. The Labute approximate surface area is 312 Å². The van der Waals surface area contributed by atoms with Crippen molar-refractivity contribution in [2.75, 3.05) is 4.90 Å². The molecule has 254 valence electrons. The standard InChI is InChI=1S/C51H40N2/c1-50(2)44-19-11-9-17-39(44)41-28-26-37(31-46(41)50)53(38-27-29-42-40-18-10-12-20-45(40)51(3,4)47(42)32-38)36-24-22-34(23-25-36)49-43(33-14-6-5-7-15-33)30-35-16-8-13-21-48(35)52-49/h5-32H,1-4H3. The Kier molecular flexibility index (Phi) is 6.91. The van der Waals surface area contributed by atoms with Crippen molar-refractivity contribution in [2.24, 2.45) is 0 Å². The molecule has 0 bridgehead atoms. The third kappa shape index (κ3) is 4.82. The molecule has 0 radical (unpaired) electrons. The summed E-state index contributed by atoms with van der Waals surface area (Å²) >= 11 is 0. The predicted octanol–water partition coefficient (Wildman–Crippen LogP) is 13.7. The Bertz CT molecular complexity index is 2610. The number of aromatic nitrogens is 1. The highest BCUT2D eigenvalue weighted by atomic mass is 15.1. The van der Waals surface area contributed by atoms with E-state index in [0.717, 1.165) is 50.3 Å². The molecule has 8 aromatic rings. The van der Waals surface area contributed by atoms with Gasteiger partial charge in [0.05, 0.1) is 11.2 Å². The highest BCUT2D eigenvalue weighted by molar-refractivity contribution is 5.93. The molecule has 0 saturated carbocycles. The van der Waals surface area contributed by atoms with Crippen molar-refractivity contribution < 1.29 is 0 Å². The number of nitrogens with zero attached hydrogens (tertiary/aromatic N) is 2. The Morgan fingerprint density at radius 2 is 0.868 bits per heavy atom. The van der Waals surface area contributed by atoms with Gasteiger partial charge in [-0.05, 0) is 98.6 Å². The summed E-state index contributed by atoms with van der Waals surface area (Å²) in [5, 5.41) is 1.14. The van der Waals surface area contributed by atoms with Crippen LogP contribution >= 0.6 is 0 Å². The van der Waals surface area contributed by atoms with Gasteiger partial charge in [-0.2, -0.15) is 0 Å². The zero-order valence-electron chi connectivity index (χ0n) is 30.6. The Morgan fingerprint density at radius 1 is 0.377 bits per heavy atom. The largest absolute Gasteiger partial charge is 0.310 e. The molecule has 7 aromatic carbocycles. The van der Waals surface area contributed by atoms with Gasteiger partial charge in [-0.3, -0.25) is 0 Å². The fourth-order valence-electron chi connectivity index (χ4n) is 9.05. The molecular formula is C51H40N2. The molecule has 0 spiro atoms. The summed E-state index contributed by atoms with van der Waals surface area (Å²) in [5.41, 5.74) is 19.4. The van der Waals surface area contributed by atoms with E-state index in [4.69, 9.17) is 4.98 Å². The molecule has 1 aromatic heterocycles. The van der Waals surface area contributed by atoms with Gasteiger partial charge < -0.3 is 4.90 Å². The van der Waals surface area contributed by atoms with Gasteiger partial charge in [0.1, 0.15) is 0 Å². The average molecular weight is 681 g/mol. The van der Waals surface area contributed by atoms with E-state index >= 15 is 0 Å². The van der Waals surface area contributed by atoms with Gasteiger partial charge in [0, 0.05) is 44.4 Å². The minimum absolute atomic E-state index is 0.103. The normalized spacial score (nSPS) is 14.3. The summed E-state index contributed by atoms with van der Waals surface area (Å²) in [5.74, 6) is 0. The summed E-state index contributed by atoms with van der Waals surface area (Å²) in [7, 11) is 0. The van der Waals surface area contributed by atoms with Crippen molar-refractivity contribution in [3.05, 3.63) is 192 Å². The first-order valence-corrected chi connectivity index (χ1v) is 18.6. The first kappa shape index (κ1) is 31.5. The van der Waals surface area contributed by atoms with Gasteiger partial charge in [0.25, 0.3) is 0 Å². The number of pyridine rings is 1. The predicted molar refractivity (Wildman–Crippen MR) is 222 cm³/mol. The van der Waals surface area contributed by atoms with Crippen molar-refractivity contribution in [1.82, 2.24) is 4.98 Å². The van der Waals surface area contributed by atoms with E-state index in [9.17, 15) is 0 Å². The zero-order valence-corrected chi connectivity index (χ0v) is 30.6. The molecule has 2 aliphatic rings. The lowest BCUT2D eigenvalue weighted by atomic mass is 9.82. The van der Waals surface area contributed by atoms with Crippen LogP contribution in [0.3, 0.4) is 0 Å². The van der Waals surface area contributed by atoms with Gasteiger partial charge in [-0.1, -0.05) is 149 Å². The average Bonchev–Trinajstić information content (AvgIpc) is 3.57. The van der Waals surface area contributed by atoms with E-state index in [2.05, 4.69) is 202 Å². The van der Waals surface area contributed by atoms with Crippen LogP contribution in [0.25, 0.3) is 55.5 Å². The number of para-hydroxylation sites is 1. The summed E-state index contributed by atoms with van der Waals surface area (Å²) in [4.78, 5) is 7.69. The lowest BCUT2D eigenvalue weighted by molar-refractivity contribution is 0.660. The highest BCUT2D eigenvalue weighted by Gasteiger charge is 2.37. The Balaban J connectivity index is 1.14. The molecule has 0 atom stereocenters. The van der Waals surface area contributed by atoms with Gasteiger partial charge in [0.15, 0.2) is 0 Å². The number of hydrogen-bond acceptors (Lipinski definition) is 2. The van der Waals surface area contributed by atoms with Crippen molar-refractivity contribution in [3.63, 3.8) is 0 Å². The van der Waals surface area contributed by atoms with Crippen molar-refractivity contribution in [2.45, 2.75) is 38.5 Å². The van der Waals surface area contributed by atoms with Gasteiger partial charge >= 0.3 is 0 Å². The maximum atomic E-state index is 5.25. The molecule has 0 unspecified atom stereocenters. The highest BCUT2D eigenvalue weighted by Crippen LogP contribution is 2.53. The molecule has 53 heavy (non-hydrogen) atoms. The van der Waals surface area contributed by atoms with E-state index in [-0.39, 0.29) is 10.8 Å². The molecule has 0 saturated heterocycles. The maximum Gasteiger partial charge on any atom is 0.0788 e. The molecule has 0 amide bonds. The second-order valence-electron chi connectivity index (χ2n) is 15.6. The fourth-order valence-corrected chi connectivity index (χ4v) is 9.05. The molecular weight excluding hydrogens is 641 g/mol. The van der Waals surface area contributed by atoms with E-state index < -0.39 is 0 Å². The van der Waals surface area contributed by atoms with E-state index in [1.165, 1.54) is 44.5 Å². The smallest absolute Gasteiger partial charge is 0.0788 e. The van der Waals surface area contributed by atoms with Crippen LogP contribution < -0.4 is 4.90 Å². The van der Waals surface area contributed by atoms with Crippen LogP contribution in [0, 0.1) is 0 Å². The van der Waals surface area contributed by atoms with Crippen molar-refractivity contribution >= 4 is 28.0 Å². The molecule has 2 nitrogen and oxygen atoms in total. The monoisotopic (exact) mass is 680 g/mol. The Hall–Kier alpha value is -6.25. The molecule has 10 rings (SSSR count). The second-order valence-corrected chi connectivity index (χ2v) is 15.6. The number of hydrogen-bond donors (Lipinski definition) is 0. The van der Waals surface area contributed by atoms with Crippen LogP contribution in [0.2, 0.25) is 0 Å². The first-order chi connectivity index (χ1) is 25.8. The molecule has 0 N–H and O–H groups in total. The third-order valence-electron chi connectivity index (χ3n) is 11.9. The lowest BCUT2D eigenvalue weighted by Gasteiger charge is -2.30. The first-order valence-electron chi connectivity index (χ1n) is 18.6. The SMILES string of the molecule is CC1(C)c2ccccc2-c2ccc(N(c3ccc(-c4nc5ccccc5cc4-c4ccccc4)cc3)c3ccc4c(c3)C(C)(C)c3ccccc3-4)cc21. The third-order valence-corrected chi connectivity index (χ3v) is 11.9. The summed E-state index contributed by atoms with van der Waals surface area (Å²) in [6.45, 7) is 9.43. The Morgan fingerprint density at radius 3 is 1.47 bits per heavy atom. The second kappa shape index (κ2) is 11.6. The molecule has 0 fully saturated rings. The molecule has 1 heterocycles.